The highest BCUT2D eigenvalue weighted by atomic mass is 16.3. The van der Waals surface area contributed by atoms with Gasteiger partial charge in [0, 0.05) is 37.4 Å². The minimum absolute atomic E-state index is 0.240. The second-order valence-corrected chi connectivity index (χ2v) is 5.39. The van der Waals surface area contributed by atoms with Gasteiger partial charge in [-0.1, -0.05) is 6.07 Å². The quantitative estimate of drug-likeness (QED) is 0.508. The largest absolute Gasteiger partial charge is 0.392 e. The van der Waals surface area contributed by atoms with Crippen LogP contribution in [0.15, 0.2) is 18.3 Å². The molecule has 2 rings (SSSR count). The monoisotopic (exact) mass is 265 g/mol. The number of aliphatic hydroxyl groups is 1. The molecule has 106 valence electrons. The molecular formula is C13H23N5O. The summed E-state index contributed by atoms with van der Waals surface area (Å²) in [5, 5.41) is 9.87. The molecule has 0 aliphatic carbocycles. The molecule has 1 aromatic rings. The second kappa shape index (κ2) is 6.29. The van der Waals surface area contributed by atoms with Crippen LogP contribution in [0.1, 0.15) is 12.0 Å². The number of anilines is 1. The first kappa shape index (κ1) is 14.2. The number of hydrogen-bond acceptors (Lipinski definition) is 6. The molecule has 6 heteroatoms. The lowest BCUT2D eigenvalue weighted by atomic mass is 10.1. The van der Waals surface area contributed by atoms with E-state index in [4.69, 9.17) is 5.84 Å². The maximum Gasteiger partial charge on any atom is 0.144 e. The number of nitrogen functional groups attached to an aromatic ring is 1. The van der Waals surface area contributed by atoms with Crippen molar-refractivity contribution < 1.29 is 5.11 Å². The van der Waals surface area contributed by atoms with Gasteiger partial charge in [0.15, 0.2) is 0 Å². The molecule has 0 saturated carbocycles. The first-order chi connectivity index (χ1) is 9.10. The van der Waals surface area contributed by atoms with Crippen LogP contribution in [0.2, 0.25) is 0 Å². The normalized spacial score (nSPS) is 24.1. The van der Waals surface area contributed by atoms with Crippen LogP contribution in [-0.2, 0) is 6.54 Å². The molecule has 2 unspecified atom stereocenters. The number of nitrogens with zero attached hydrogens (tertiary/aromatic N) is 3. The third kappa shape index (κ3) is 3.63. The standard InChI is InChI=1S/C13H23N5O/c1-17(2)8-11-6-12(19)9-18(11)7-10-4-3-5-15-13(10)16-14/h3-5,11-12,19H,6-9,14H2,1-2H3,(H,15,16). The Balaban J connectivity index is 2.07. The Morgan fingerprint density at radius 3 is 3.05 bits per heavy atom. The molecule has 1 aliphatic rings. The fraction of sp³-hybridized carbons (Fsp3) is 0.615. The molecule has 0 radical (unpaired) electrons. The molecular weight excluding hydrogens is 242 g/mol. The highest BCUT2D eigenvalue weighted by Crippen LogP contribution is 2.23. The number of nitrogens with two attached hydrogens (primary N) is 1. The number of aromatic nitrogens is 1. The highest BCUT2D eigenvalue weighted by molar-refractivity contribution is 5.42. The summed E-state index contributed by atoms with van der Waals surface area (Å²) in [6, 6.07) is 4.29. The predicted octanol–water partition coefficient (Wildman–Crippen LogP) is -0.136. The van der Waals surface area contributed by atoms with Crippen LogP contribution >= 0.6 is 0 Å². The van der Waals surface area contributed by atoms with Gasteiger partial charge >= 0.3 is 0 Å². The zero-order valence-electron chi connectivity index (χ0n) is 11.6. The molecule has 0 bridgehead atoms. The smallest absolute Gasteiger partial charge is 0.144 e. The van der Waals surface area contributed by atoms with Gasteiger partial charge in [0.25, 0.3) is 0 Å². The van der Waals surface area contributed by atoms with Crippen molar-refractivity contribution in [2.75, 3.05) is 32.6 Å². The maximum atomic E-state index is 9.87. The summed E-state index contributed by atoms with van der Waals surface area (Å²) in [5.41, 5.74) is 3.68. The van der Waals surface area contributed by atoms with Crippen LogP contribution in [0, 0.1) is 0 Å². The number of pyridine rings is 1. The van der Waals surface area contributed by atoms with Gasteiger partial charge in [-0.05, 0) is 26.6 Å². The van der Waals surface area contributed by atoms with E-state index in [1.807, 2.05) is 12.1 Å². The summed E-state index contributed by atoms with van der Waals surface area (Å²) in [6.45, 7) is 2.41. The SMILES string of the molecule is CN(C)CC1CC(O)CN1Cc1cccnc1NN. The molecule has 1 aromatic heterocycles. The number of hydrogen-bond donors (Lipinski definition) is 3. The lowest BCUT2D eigenvalue weighted by molar-refractivity contribution is 0.169. The van der Waals surface area contributed by atoms with E-state index >= 15 is 0 Å². The van der Waals surface area contributed by atoms with Gasteiger partial charge in [0.2, 0.25) is 0 Å². The van der Waals surface area contributed by atoms with Gasteiger partial charge in [-0.3, -0.25) is 4.90 Å². The fourth-order valence-corrected chi connectivity index (χ4v) is 2.68. The first-order valence-electron chi connectivity index (χ1n) is 6.57. The van der Waals surface area contributed by atoms with E-state index < -0.39 is 0 Å². The third-order valence-corrected chi connectivity index (χ3v) is 3.48. The third-order valence-electron chi connectivity index (χ3n) is 3.48. The number of likely N-dealkylation sites (N-methyl/N-ethyl adjacent to an activating group) is 1. The Labute approximate surface area is 114 Å². The number of likely N-dealkylation sites (tertiary alicyclic amines) is 1. The van der Waals surface area contributed by atoms with Crippen LogP contribution in [0.25, 0.3) is 0 Å². The van der Waals surface area contributed by atoms with Crippen molar-refractivity contribution in [3.8, 4) is 0 Å². The summed E-state index contributed by atoms with van der Waals surface area (Å²) >= 11 is 0. The van der Waals surface area contributed by atoms with Crippen LogP contribution < -0.4 is 11.3 Å². The lowest BCUT2D eigenvalue weighted by Gasteiger charge is -2.27. The van der Waals surface area contributed by atoms with Crippen molar-refractivity contribution in [1.82, 2.24) is 14.8 Å². The zero-order chi connectivity index (χ0) is 13.8. The fourth-order valence-electron chi connectivity index (χ4n) is 2.68. The summed E-state index contributed by atoms with van der Waals surface area (Å²) in [7, 11) is 4.11. The van der Waals surface area contributed by atoms with Crippen LogP contribution in [0.5, 0.6) is 0 Å². The molecule has 2 heterocycles. The van der Waals surface area contributed by atoms with Crippen molar-refractivity contribution >= 4 is 5.82 Å². The van der Waals surface area contributed by atoms with E-state index in [0.29, 0.717) is 18.4 Å². The molecule has 1 aliphatic heterocycles. The van der Waals surface area contributed by atoms with E-state index in [0.717, 1.165) is 25.1 Å². The van der Waals surface area contributed by atoms with Gasteiger partial charge in [0.05, 0.1) is 6.10 Å². The maximum absolute atomic E-state index is 9.87. The van der Waals surface area contributed by atoms with E-state index in [9.17, 15) is 5.11 Å². The van der Waals surface area contributed by atoms with Crippen molar-refractivity contribution in [3.63, 3.8) is 0 Å². The van der Waals surface area contributed by atoms with Crippen molar-refractivity contribution in [2.24, 2.45) is 5.84 Å². The molecule has 1 saturated heterocycles. The Morgan fingerprint density at radius 1 is 1.58 bits per heavy atom. The summed E-state index contributed by atoms with van der Waals surface area (Å²) in [4.78, 5) is 8.66. The van der Waals surface area contributed by atoms with Gasteiger partial charge in [-0.15, -0.1) is 0 Å². The molecule has 0 spiro atoms. The second-order valence-electron chi connectivity index (χ2n) is 5.39. The Morgan fingerprint density at radius 2 is 2.37 bits per heavy atom. The first-order valence-corrected chi connectivity index (χ1v) is 6.57. The minimum atomic E-state index is -0.240. The number of rotatable bonds is 5. The average Bonchev–Trinajstić information content (AvgIpc) is 2.69. The lowest BCUT2D eigenvalue weighted by Crippen LogP contribution is -2.37. The van der Waals surface area contributed by atoms with Gasteiger partial charge in [-0.25, -0.2) is 10.8 Å². The van der Waals surface area contributed by atoms with Gasteiger partial charge in [0.1, 0.15) is 5.82 Å². The Hall–Kier alpha value is -1.21. The molecule has 6 nitrogen and oxygen atoms in total. The van der Waals surface area contributed by atoms with E-state index in [1.54, 1.807) is 6.20 Å². The Bertz CT molecular complexity index is 412. The van der Waals surface area contributed by atoms with Crippen molar-refractivity contribution in [3.05, 3.63) is 23.9 Å². The molecule has 4 N–H and O–H groups in total. The van der Waals surface area contributed by atoms with Crippen molar-refractivity contribution in [2.45, 2.75) is 25.1 Å². The van der Waals surface area contributed by atoms with E-state index in [2.05, 4.69) is 34.3 Å². The highest BCUT2D eigenvalue weighted by Gasteiger charge is 2.31. The van der Waals surface area contributed by atoms with Crippen LogP contribution in [0.3, 0.4) is 0 Å². The Kier molecular flexibility index (Phi) is 4.71. The van der Waals surface area contributed by atoms with Gasteiger partial charge < -0.3 is 15.4 Å². The van der Waals surface area contributed by atoms with Crippen LogP contribution in [-0.4, -0.2) is 59.2 Å². The molecule has 0 aromatic carbocycles. The van der Waals surface area contributed by atoms with Crippen molar-refractivity contribution in [1.29, 1.82) is 0 Å². The summed E-state index contributed by atoms with van der Waals surface area (Å²) in [5.74, 6) is 6.18. The number of aliphatic hydroxyl groups excluding tert-OH is 1. The molecule has 2 atom stereocenters. The van der Waals surface area contributed by atoms with E-state index in [1.165, 1.54) is 0 Å². The zero-order valence-corrected chi connectivity index (χ0v) is 11.6. The summed E-state index contributed by atoms with van der Waals surface area (Å²) in [6.07, 6.45) is 2.30. The minimum Gasteiger partial charge on any atom is -0.392 e. The van der Waals surface area contributed by atoms with Gasteiger partial charge in [-0.2, -0.15) is 0 Å². The molecule has 0 amide bonds. The summed E-state index contributed by atoms with van der Waals surface area (Å²) < 4.78 is 0. The topological polar surface area (TPSA) is 77.7 Å². The van der Waals surface area contributed by atoms with E-state index in [-0.39, 0.29) is 6.10 Å². The molecule has 1 fully saturated rings. The predicted molar refractivity (Wildman–Crippen MR) is 75.4 cm³/mol. The number of hydrazine groups is 1. The molecule has 19 heavy (non-hydrogen) atoms. The van der Waals surface area contributed by atoms with Crippen LogP contribution in [0.4, 0.5) is 5.82 Å². The average molecular weight is 265 g/mol. The number of β-amino-alcohol motifs (C(OH)–C–C–N with tert-alkyl or cyclic N) is 1. The number of nitrogens with one attached hydrogen (secondary N) is 1.